The fourth-order valence-corrected chi connectivity index (χ4v) is 5.98. The van der Waals surface area contributed by atoms with Crippen molar-refractivity contribution in [3.63, 3.8) is 0 Å². The van der Waals surface area contributed by atoms with Crippen molar-refractivity contribution < 1.29 is 19.1 Å². The van der Waals surface area contributed by atoms with Crippen LogP contribution in [0.4, 0.5) is 5.69 Å². The number of rotatable bonds is 5. The van der Waals surface area contributed by atoms with Gasteiger partial charge in [0, 0.05) is 18.4 Å². The van der Waals surface area contributed by atoms with Crippen LogP contribution in [0.5, 0.6) is 0 Å². The van der Waals surface area contributed by atoms with E-state index in [0.717, 1.165) is 22.4 Å². The standard InChI is InChI=1S/C24H24N2O4S/c1-13-6-7-16-15(11-13)14(2)12-17-19-20(24(29)25(23(19)28)8-9-30-3)21(26(16)17)22(27)18-5-4-10-31-18/h4-7,10-12,17,19-21H,8-9H2,1-3H3/t17-,19-,20+,21-/m1/s1. The summed E-state index contributed by atoms with van der Waals surface area (Å²) in [6.45, 7) is 4.56. The number of Topliss-reactive ketones (excluding diaryl/α,β-unsaturated/α-hetero) is 1. The van der Waals surface area contributed by atoms with Crippen LogP contribution in [-0.4, -0.2) is 54.8 Å². The average molecular weight is 437 g/mol. The van der Waals surface area contributed by atoms with Gasteiger partial charge in [-0.1, -0.05) is 23.8 Å². The third-order valence-electron chi connectivity index (χ3n) is 6.65. The summed E-state index contributed by atoms with van der Waals surface area (Å²) < 4.78 is 5.10. The normalized spacial score (nSPS) is 26.6. The van der Waals surface area contributed by atoms with E-state index in [9.17, 15) is 14.4 Å². The summed E-state index contributed by atoms with van der Waals surface area (Å²) in [4.78, 5) is 44.4. The third kappa shape index (κ3) is 2.91. The Morgan fingerprint density at radius 1 is 1.13 bits per heavy atom. The number of hydrogen-bond acceptors (Lipinski definition) is 6. The lowest BCUT2D eigenvalue weighted by Gasteiger charge is -2.38. The monoisotopic (exact) mass is 436 g/mol. The van der Waals surface area contributed by atoms with Gasteiger partial charge < -0.3 is 9.64 Å². The van der Waals surface area contributed by atoms with Gasteiger partial charge in [-0.3, -0.25) is 19.3 Å². The fourth-order valence-electron chi connectivity index (χ4n) is 5.29. The number of fused-ring (bicyclic) bond motifs is 5. The fraction of sp³-hybridized carbons (Fsp3) is 0.375. The lowest BCUT2D eigenvalue weighted by Crippen LogP contribution is -2.49. The molecule has 3 aliphatic heterocycles. The number of hydrogen-bond donors (Lipinski definition) is 0. The average Bonchev–Trinajstić information content (AvgIpc) is 3.44. The van der Waals surface area contributed by atoms with E-state index in [1.165, 1.54) is 16.2 Å². The molecule has 0 aliphatic carbocycles. The van der Waals surface area contributed by atoms with E-state index in [-0.39, 0.29) is 36.8 Å². The van der Waals surface area contributed by atoms with Crippen molar-refractivity contribution in [3.05, 3.63) is 57.8 Å². The van der Waals surface area contributed by atoms with Crippen molar-refractivity contribution >= 4 is 40.2 Å². The van der Waals surface area contributed by atoms with Gasteiger partial charge in [-0.15, -0.1) is 11.3 Å². The molecule has 3 aliphatic rings. The highest BCUT2D eigenvalue weighted by Gasteiger charge is 2.64. The van der Waals surface area contributed by atoms with Crippen molar-refractivity contribution in [2.75, 3.05) is 25.2 Å². The van der Waals surface area contributed by atoms with Crippen LogP contribution in [0.1, 0.15) is 27.7 Å². The largest absolute Gasteiger partial charge is 0.383 e. The number of methoxy groups -OCH3 is 1. The van der Waals surface area contributed by atoms with Crippen molar-refractivity contribution in [1.82, 2.24) is 4.90 Å². The molecule has 0 saturated carbocycles. The molecule has 7 heteroatoms. The van der Waals surface area contributed by atoms with Gasteiger partial charge >= 0.3 is 0 Å². The van der Waals surface area contributed by atoms with Gasteiger partial charge in [-0.2, -0.15) is 0 Å². The van der Waals surface area contributed by atoms with Crippen molar-refractivity contribution in [2.24, 2.45) is 11.8 Å². The van der Waals surface area contributed by atoms with Gasteiger partial charge in [0.15, 0.2) is 5.78 Å². The number of nitrogens with zero attached hydrogens (tertiary/aromatic N) is 2. The summed E-state index contributed by atoms with van der Waals surface area (Å²) in [5.74, 6) is -1.83. The summed E-state index contributed by atoms with van der Waals surface area (Å²) in [6.07, 6.45) is 2.06. The second-order valence-electron chi connectivity index (χ2n) is 8.43. The molecule has 0 spiro atoms. The van der Waals surface area contributed by atoms with Gasteiger partial charge in [0.1, 0.15) is 6.04 Å². The number of ketones is 1. The summed E-state index contributed by atoms with van der Waals surface area (Å²) in [5, 5.41) is 1.86. The minimum atomic E-state index is -0.705. The van der Waals surface area contributed by atoms with Crippen LogP contribution in [0.3, 0.4) is 0 Å². The maximum absolute atomic E-state index is 13.7. The zero-order valence-electron chi connectivity index (χ0n) is 17.7. The number of carbonyl (C=O) groups excluding carboxylic acids is 3. The molecule has 1 aromatic heterocycles. The summed E-state index contributed by atoms with van der Waals surface area (Å²) in [7, 11) is 1.54. The number of aryl methyl sites for hydroxylation is 1. The second kappa shape index (κ2) is 7.43. The Morgan fingerprint density at radius 2 is 1.90 bits per heavy atom. The summed E-state index contributed by atoms with van der Waals surface area (Å²) >= 11 is 1.37. The zero-order chi connectivity index (χ0) is 21.9. The first-order valence-electron chi connectivity index (χ1n) is 10.4. The SMILES string of the molecule is COCCN1C(=O)[C@H]2[C@H](C1=O)[C@H](C(=O)c1cccs1)N1c3ccc(C)cc3C(C)=C[C@H]21. The Balaban J connectivity index is 1.66. The van der Waals surface area contributed by atoms with E-state index in [0.29, 0.717) is 4.88 Å². The molecule has 2 aromatic rings. The van der Waals surface area contributed by atoms with Crippen molar-refractivity contribution in [2.45, 2.75) is 25.9 Å². The van der Waals surface area contributed by atoms with Crippen LogP contribution in [0.2, 0.25) is 0 Å². The molecule has 2 fully saturated rings. The molecule has 4 atom stereocenters. The van der Waals surface area contributed by atoms with Crippen LogP contribution in [0.25, 0.3) is 5.57 Å². The van der Waals surface area contributed by atoms with Crippen LogP contribution in [0, 0.1) is 18.8 Å². The highest BCUT2D eigenvalue weighted by atomic mass is 32.1. The number of ether oxygens (including phenoxy) is 1. The van der Waals surface area contributed by atoms with Crippen LogP contribution in [0.15, 0.2) is 41.8 Å². The minimum Gasteiger partial charge on any atom is -0.383 e. The first kappa shape index (κ1) is 20.2. The van der Waals surface area contributed by atoms with Crippen LogP contribution >= 0.6 is 11.3 Å². The van der Waals surface area contributed by atoms with E-state index in [1.54, 1.807) is 13.2 Å². The maximum atomic E-state index is 13.7. The number of allylic oxidation sites excluding steroid dienone is 1. The van der Waals surface area contributed by atoms with E-state index in [2.05, 4.69) is 12.1 Å². The highest BCUT2D eigenvalue weighted by molar-refractivity contribution is 7.12. The number of likely N-dealkylation sites (tertiary alicyclic amines) is 1. The predicted octanol–water partition coefficient (Wildman–Crippen LogP) is 3.16. The first-order chi connectivity index (χ1) is 14.9. The third-order valence-corrected chi connectivity index (χ3v) is 7.53. The van der Waals surface area contributed by atoms with E-state index in [4.69, 9.17) is 4.74 Å². The van der Waals surface area contributed by atoms with E-state index < -0.39 is 17.9 Å². The lowest BCUT2D eigenvalue weighted by atomic mass is 9.86. The molecule has 4 heterocycles. The molecular weight excluding hydrogens is 412 g/mol. The van der Waals surface area contributed by atoms with Gasteiger partial charge in [0.2, 0.25) is 11.8 Å². The van der Waals surface area contributed by atoms with E-state index >= 15 is 0 Å². The predicted molar refractivity (Wildman–Crippen MR) is 119 cm³/mol. The number of imide groups is 1. The number of carbonyl (C=O) groups is 3. The molecule has 5 rings (SSSR count). The molecule has 0 radical (unpaired) electrons. The number of thiophene rings is 1. The molecule has 1 aromatic carbocycles. The molecule has 2 saturated heterocycles. The smallest absolute Gasteiger partial charge is 0.235 e. The van der Waals surface area contributed by atoms with Gasteiger partial charge in [-0.05, 0) is 43.0 Å². The number of benzene rings is 1. The highest BCUT2D eigenvalue weighted by Crippen LogP contribution is 2.50. The first-order valence-corrected chi connectivity index (χ1v) is 11.3. The molecule has 6 nitrogen and oxygen atoms in total. The van der Waals surface area contributed by atoms with Crippen LogP contribution in [-0.2, 0) is 14.3 Å². The Hall–Kier alpha value is -2.77. The lowest BCUT2D eigenvalue weighted by molar-refractivity contribution is -0.141. The number of amides is 2. The zero-order valence-corrected chi connectivity index (χ0v) is 18.5. The topological polar surface area (TPSA) is 66.9 Å². The molecule has 0 N–H and O–H groups in total. The van der Waals surface area contributed by atoms with E-state index in [1.807, 2.05) is 42.3 Å². The Labute approximate surface area is 185 Å². The molecular formula is C24H24N2O4S. The second-order valence-corrected chi connectivity index (χ2v) is 9.37. The molecule has 0 unspecified atom stereocenters. The van der Waals surface area contributed by atoms with Crippen LogP contribution < -0.4 is 4.90 Å². The minimum absolute atomic E-state index is 0.0956. The quantitative estimate of drug-likeness (QED) is 0.532. The van der Waals surface area contributed by atoms with Gasteiger partial charge in [0.05, 0.1) is 35.9 Å². The summed E-state index contributed by atoms with van der Waals surface area (Å²) in [5.41, 5.74) is 4.17. The molecule has 31 heavy (non-hydrogen) atoms. The Kier molecular flexibility index (Phi) is 4.83. The molecule has 2 amide bonds. The molecule has 0 bridgehead atoms. The number of anilines is 1. The Morgan fingerprint density at radius 3 is 2.61 bits per heavy atom. The van der Waals surface area contributed by atoms with Crippen molar-refractivity contribution in [3.8, 4) is 0 Å². The van der Waals surface area contributed by atoms with Crippen molar-refractivity contribution in [1.29, 1.82) is 0 Å². The maximum Gasteiger partial charge on any atom is 0.235 e. The van der Waals surface area contributed by atoms with Gasteiger partial charge in [-0.25, -0.2) is 0 Å². The Bertz CT molecular complexity index is 1110. The molecule has 160 valence electrons. The van der Waals surface area contributed by atoms with Gasteiger partial charge in [0.25, 0.3) is 0 Å². The summed E-state index contributed by atoms with van der Waals surface area (Å²) in [6, 6.07) is 8.74.